The van der Waals surface area contributed by atoms with Gasteiger partial charge in [-0.05, 0) is 43.2 Å². The molecule has 2 aromatic carbocycles. The van der Waals surface area contributed by atoms with E-state index in [1.807, 2.05) is 55.5 Å². The first-order valence-corrected chi connectivity index (χ1v) is 9.82. The van der Waals surface area contributed by atoms with Gasteiger partial charge in [0, 0.05) is 17.6 Å². The van der Waals surface area contributed by atoms with Gasteiger partial charge in [0.15, 0.2) is 0 Å². The summed E-state index contributed by atoms with van der Waals surface area (Å²) in [7, 11) is 0. The predicted octanol–water partition coefficient (Wildman–Crippen LogP) is 6.38. The molecule has 2 N–H and O–H groups in total. The number of anilines is 2. The van der Waals surface area contributed by atoms with Gasteiger partial charge < -0.3 is 15.1 Å². The van der Waals surface area contributed by atoms with Crippen LogP contribution in [0, 0.1) is 6.92 Å². The van der Waals surface area contributed by atoms with E-state index in [1.165, 1.54) is 25.7 Å². The van der Waals surface area contributed by atoms with E-state index < -0.39 is 0 Å². The van der Waals surface area contributed by atoms with Gasteiger partial charge in [0.25, 0.3) is 5.91 Å². The second kappa shape index (κ2) is 9.26. The molecule has 0 radical (unpaired) electrons. The van der Waals surface area contributed by atoms with E-state index in [-0.39, 0.29) is 5.91 Å². The molecule has 0 saturated carbocycles. The third kappa shape index (κ3) is 4.91. The fourth-order valence-corrected chi connectivity index (χ4v) is 3.23. The summed E-state index contributed by atoms with van der Waals surface area (Å²) in [6.45, 7) is 5.05. The van der Waals surface area contributed by atoms with Crippen molar-refractivity contribution < 1.29 is 9.21 Å². The van der Waals surface area contributed by atoms with E-state index in [9.17, 15) is 4.79 Å². The zero-order valence-electron chi connectivity index (χ0n) is 16.2. The molecule has 0 atom stereocenters. The van der Waals surface area contributed by atoms with Crippen LogP contribution in [0.5, 0.6) is 0 Å². The summed E-state index contributed by atoms with van der Waals surface area (Å²) in [6, 6.07) is 15.5. The number of rotatable bonds is 9. The Hall–Kier alpha value is -2.75. The number of fused-ring (bicyclic) bond motifs is 1. The van der Waals surface area contributed by atoms with Gasteiger partial charge in [0.05, 0.1) is 5.69 Å². The first-order chi connectivity index (χ1) is 13.2. The SMILES string of the molecule is CCCCCCCNc1c(C(=O)Nc2cccc(C)c2)oc2ccccc12. The number of nitrogens with one attached hydrogen (secondary N) is 2. The van der Waals surface area contributed by atoms with Crippen molar-refractivity contribution in [1.82, 2.24) is 0 Å². The molecule has 0 unspecified atom stereocenters. The lowest BCUT2D eigenvalue weighted by Gasteiger charge is -2.08. The van der Waals surface area contributed by atoms with E-state index in [2.05, 4.69) is 17.6 Å². The average molecular weight is 364 g/mol. The molecule has 3 aromatic rings. The Morgan fingerprint density at radius 3 is 2.63 bits per heavy atom. The van der Waals surface area contributed by atoms with Crippen molar-refractivity contribution in [3.05, 3.63) is 59.9 Å². The smallest absolute Gasteiger partial charge is 0.293 e. The van der Waals surface area contributed by atoms with Crippen LogP contribution in [-0.2, 0) is 0 Å². The monoisotopic (exact) mass is 364 g/mol. The van der Waals surface area contributed by atoms with Crippen LogP contribution in [0.1, 0.15) is 55.1 Å². The zero-order chi connectivity index (χ0) is 19.1. The number of aryl methyl sites for hydroxylation is 1. The van der Waals surface area contributed by atoms with Crippen LogP contribution in [0.15, 0.2) is 52.9 Å². The van der Waals surface area contributed by atoms with Gasteiger partial charge in [-0.25, -0.2) is 0 Å². The third-order valence-corrected chi connectivity index (χ3v) is 4.66. The highest BCUT2D eigenvalue weighted by Crippen LogP contribution is 2.31. The summed E-state index contributed by atoms with van der Waals surface area (Å²) in [4.78, 5) is 12.8. The Labute approximate surface area is 161 Å². The summed E-state index contributed by atoms with van der Waals surface area (Å²) < 4.78 is 5.88. The highest BCUT2D eigenvalue weighted by molar-refractivity contribution is 6.11. The molecule has 3 rings (SSSR count). The van der Waals surface area contributed by atoms with Gasteiger partial charge in [0.1, 0.15) is 5.58 Å². The van der Waals surface area contributed by atoms with Crippen LogP contribution in [0.3, 0.4) is 0 Å². The Bertz CT molecular complexity index is 898. The maximum atomic E-state index is 12.8. The molecule has 142 valence electrons. The van der Waals surface area contributed by atoms with Crippen molar-refractivity contribution in [3.8, 4) is 0 Å². The molecule has 0 aliphatic heterocycles. The molecule has 0 saturated heterocycles. The van der Waals surface area contributed by atoms with Crippen molar-refractivity contribution in [2.24, 2.45) is 0 Å². The number of furan rings is 1. The normalized spacial score (nSPS) is 10.9. The Kier molecular flexibility index (Phi) is 6.53. The van der Waals surface area contributed by atoms with Crippen molar-refractivity contribution in [2.45, 2.75) is 46.0 Å². The van der Waals surface area contributed by atoms with Crippen molar-refractivity contribution in [1.29, 1.82) is 0 Å². The minimum absolute atomic E-state index is 0.231. The van der Waals surface area contributed by atoms with E-state index in [0.29, 0.717) is 5.76 Å². The van der Waals surface area contributed by atoms with Gasteiger partial charge in [0.2, 0.25) is 5.76 Å². The topological polar surface area (TPSA) is 54.3 Å². The maximum absolute atomic E-state index is 12.8. The molecule has 4 nitrogen and oxygen atoms in total. The molecular weight excluding hydrogens is 336 g/mol. The number of carbonyl (C=O) groups is 1. The van der Waals surface area contributed by atoms with E-state index >= 15 is 0 Å². The number of benzene rings is 2. The molecular formula is C23H28N2O2. The first kappa shape index (κ1) is 19.0. The minimum atomic E-state index is -0.231. The standard InChI is InChI=1S/C23H28N2O2/c1-3-4-5-6-9-15-24-21-19-13-7-8-14-20(19)27-22(21)23(26)25-18-12-10-11-17(2)16-18/h7-8,10-14,16,24H,3-6,9,15H2,1-2H3,(H,25,26). The van der Waals surface area contributed by atoms with Crippen molar-refractivity contribution >= 4 is 28.3 Å². The number of para-hydroxylation sites is 1. The molecule has 0 bridgehead atoms. The summed E-state index contributed by atoms with van der Waals surface area (Å²) in [5, 5.41) is 7.33. The second-order valence-corrected chi connectivity index (χ2v) is 6.97. The maximum Gasteiger partial charge on any atom is 0.293 e. The molecule has 0 spiro atoms. The lowest BCUT2D eigenvalue weighted by Crippen LogP contribution is -2.14. The predicted molar refractivity (Wildman–Crippen MR) is 113 cm³/mol. The highest BCUT2D eigenvalue weighted by atomic mass is 16.3. The first-order valence-electron chi connectivity index (χ1n) is 9.82. The van der Waals surface area contributed by atoms with Gasteiger partial charge in [-0.1, -0.05) is 56.9 Å². The fraction of sp³-hybridized carbons (Fsp3) is 0.348. The van der Waals surface area contributed by atoms with Crippen LogP contribution >= 0.6 is 0 Å². The summed E-state index contributed by atoms with van der Waals surface area (Å²) >= 11 is 0. The number of amides is 1. The molecule has 1 aromatic heterocycles. The van der Waals surface area contributed by atoms with Crippen LogP contribution < -0.4 is 10.6 Å². The minimum Gasteiger partial charge on any atom is -0.449 e. The molecule has 0 fully saturated rings. The number of carbonyl (C=O) groups excluding carboxylic acids is 1. The van der Waals surface area contributed by atoms with E-state index in [1.54, 1.807) is 0 Å². The van der Waals surface area contributed by atoms with E-state index in [4.69, 9.17) is 4.42 Å². The van der Waals surface area contributed by atoms with Crippen LogP contribution in [-0.4, -0.2) is 12.5 Å². The summed E-state index contributed by atoms with van der Waals surface area (Å²) in [6.07, 6.45) is 6.05. The van der Waals surface area contributed by atoms with E-state index in [0.717, 1.165) is 40.9 Å². The Balaban J connectivity index is 1.76. The van der Waals surface area contributed by atoms with Gasteiger partial charge in [-0.2, -0.15) is 0 Å². The fourth-order valence-electron chi connectivity index (χ4n) is 3.23. The van der Waals surface area contributed by atoms with Crippen molar-refractivity contribution in [3.63, 3.8) is 0 Å². The van der Waals surface area contributed by atoms with Crippen LogP contribution in [0.4, 0.5) is 11.4 Å². The molecule has 1 heterocycles. The largest absolute Gasteiger partial charge is 0.449 e. The Morgan fingerprint density at radius 1 is 1.00 bits per heavy atom. The van der Waals surface area contributed by atoms with Gasteiger partial charge in [-0.3, -0.25) is 4.79 Å². The van der Waals surface area contributed by atoms with Gasteiger partial charge in [-0.15, -0.1) is 0 Å². The van der Waals surface area contributed by atoms with Gasteiger partial charge >= 0.3 is 0 Å². The van der Waals surface area contributed by atoms with Crippen LogP contribution in [0.25, 0.3) is 11.0 Å². The third-order valence-electron chi connectivity index (χ3n) is 4.66. The number of hydrogen-bond acceptors (Lipinski definition) is 3. The number of unbranched alkanes of at least 4 members (excludes halogenated alkanes) is 4. The van der Waals surface area contributed by atoms with Crippen molar-refractivity contribution in [2.75, 3.05) is 17.2 Å². The second-order valence-electron chi connectivity index (χ2n) is 6.97. The quantitative estimate of drug-likeness (QED) is 0.433. The lowest BCUT2D eigenvalue weighted by molar-refractivity contribution is 0.0999. The molecule has 0 aliphatic rings. The molecule has 1 amide bonds. The Morgan fingerprint density at radius 2 is 1.81 bits per heavy atom. The lowest BCUT2D eigenvalue weighted by atomic mass is 10.1. The molecule has 0 aliphatic carbocycles. The highest BCUT2D eigenvalue weighted by Gasteiger charge is 2.20. The summed E-state index contributed by atoms with van der Waals surface area (Å²) in [5.41, 5.74) is 3.38. The van der Waals surface area contributed by atoms with Crippen LogP contribution in [0.2, 0.25) is 0 Å². The number of hydrogen-bond donors (Lipinski definition) is 2. The zero-order valence-corrected chi connectivity index (χ0v) is 16.2. The average Bonchev–Trinajstić information content (AvgIpc) is 3.03. The summed E-state index contributed by atoms with van der Waals surface area (Å²) in [5.74, 6) is 0.108. The molecule has 4 heteroatoms. The molecule has 27 heavy (non-hydrogen) atoms.